The molecule has 3 aliphatic heterocycles. The normalized spacial score (nSPS) is 26.0. The summed E-state index contributed by atoms with van der Waals surface area (Å²) in [5.41, 5.74) is 7.50. The number of pyridine rings is 1. The molecule has 350 valence electrons. The predicted octanol–water partition coefficient (Wildman–Crippen LogP) is 6.75. The minimum atomic E-state index is -0.500. The second-order valence-electron chi connectivity index (χ2n) is 20.1. The molecule has 3 aromatic heterocycles. The van der Waals surface area contributed by atoms with Crippen LogP contribution in [0.4, 0.5) is 5.69 Å². The summed E-state index contributed by atoms with van der Waals surface area (Å²) in [6.45, 7) is 16.9. The van der Waals surface area contributed by atoms with Gasteiger partial charge in [0.25, 0.3) is 24.8 Å². The Balaban J connectivity index is 1.01. The molecular weight excluding hydrogens is 909 g/mol. The number of hydrazine groups is 1. The SMILES string of the molecule is CCn1c(-c2cc(N3CCN(C4CC4)CC3)cnc2[C@H](C=S)OC)c(CC(C)(C)COC=O)c2cc(-c3csc(C[C@H](NC[C@@]4(C)[C@@H]5COC6C(=S)C654)C(=O)N4CCCC[N+]4=S)n3)ccc21. The number of amides is 1. The number of fused-ring (bicyclic) bond motifs is 1. The number of benzene rings is 1. The van der Waals surface area contributed by atoms with Crippen LogP contribution in [0.25, 0.3) is 33.4 Å². The monoisotopic (exact) mass is 969 g/mol. The molecule has 1 aromatic carbocycles. The van der Waals surface area contributed by atoms with Crippen molar-refractivity contribution >= 4 is 87.4 Å². The van der Waals surface area contributed by atoms with Crippen LogP contribution in [0.15, 0.2) is 35.8 Å². The first-order valence-corrected chi connectivity index (χ1v) is 25.8. The van der Waals surface area contributed by atoms with Crippen molar-refractivity contribution in [2.75, 3.05) is 71.0 Å². The van der Waals surface area contributed by atoms with E-state index in [1.165, 1.54) is 12.8 Å². The number of hydrogen-bond donors (Lipinski definition) is 1. The molecule has 3 saturated carbocycles. The van der Waals surface area contributed by atoms with Crippen LogP contribution >= 0.6 is 35.8 Å². The molecule has 0 radical (unpaired) electrons. The van der Waals surface area contributed by atoms with Gasteiger partial charge in [0.1, 0.15) is 12.2 Å². The highest BCUT2D eigenvalue weighted by Gasteiger charge is 2.92. The van der Waals surface area contributed by atoms with E-state index in [4.69, 9.17) is 61.0 Å². The Kier molecular flexibility index (Phi) is 12.6. The number of hydrogen-bond acceptors (Lipinski definition) is 14. The van der Waals surface area contributed by atoms with Crippen LogP contribution in [0.2, 0.25) is 0 Å². The van der Waals surface area contributed by atoms with Crippen LogP contribution in [0, 0.1) is 22.2 Å². The lowest BCUT2D eigenvalue weighted by atomic mass is 9.84. The third-order valence-electron chi connectivity index (χ3n) is 15.5. The Morgan fingerprint density at radius 2 is 1.97 bits per heavy atom. The van der Waals surface area contributed by atoms with E-state index in [1.54, 1.807) is 32.9 Å². The maximum Gasteiger partial charge on any atom is 0.298 e. The van der Waals surface area contributed by atoms with Gasteiger partial charge in [-0.25, -0.2) is 4.98 Å². The first-order valence-electron chi connectivity index (χ1n) is 23.6. The fraction of sp³-hybridized carbons (Fsp3) is 0.592. The summed E-state index contributed by atoms with van der Waals surface area (Å²) in [5, 5.41) is 11.2. The molecule has 6 atom stereocenters. The zero-order chi connectivity index (χ0) is 46.1. The topological polar surface area (TPSA) is 117 Å². The van der Waals surface area contributed by atoms with Crippen molar-refractivity contribution in [3.8, 4) is 22.5 Å². The van der Waals surface area contributed by atoms with Gasteiger partial charge in [0, 0.05) is 120 Å². The van der Waals surface area contributed by atoms with Crippen LogP contribution < -0.4 is 10.2 Å². The molecule has 6 heterocycles. The van der Waals surface area contributed by atoms with Gasteiger partial charge in [-0.15, -0.1) is 16.3 Å². The highest BCUT2D eigenvalue weighted by atomic mass is 32.1. The number of carbonyl (C=O) groups is 2. The molecule has 66 heavy (non-hydrogen) atoms. The second kappa shape index (κ2) is 18.0. The highest BCUT2D eigenvalue weighted by molar-refractivity contribution is 7.81. The number of thiocarbonyl (C=S) groups is 2. The van der Waals surface area contributed by atoms with Crippen molar-refractivity contribution in [2.24, 2.45) is 22.2 Å². The number of rotatable bonds is 19. The number of nitrogens with one attached hydrogen (secondary N) is 1. The summed E-state index contributed by atoms with van der Waals surface area (Å²) in [6, 6.07) is 9.13. The summed E-state index contributed by atoms with van der Waals surface area (Å²) >= 11 is 18.6. The van der Waals surface area contributed by atoms with Gasteiger partial charge in [0.05, 0.1) is 59.8 Å². The molecule has 2 unspecified atom stereocenters. The van der Waals surface area contributed by atoms with Crippen LogP contribution in [-0.2, 0) is 55.6 Å². The number of anilines is 1. The van der Waals surface area contributed by atoms with Gasteiger partial charge >= 0.3 is 0 Å². The molecule has 0 bridgehead atoms. The smallest absolute Gasteiger partial charge is 0.298 e. The third kappa shape index (κ3) is 7.96. The van der Waals surface area contributed by atoms with E-state index in [2.05, 4.69) is 77.0 Å². The Hall–Kier alpha value is -3.68. The lowest BCUT2D eigenvalue weighted by molar-refractivity contribution is -0.655. The van der Waals surface area contributed by atoms with Gasteiger partial charge in [-0.05, 0) is 65.8 Å². The van der Waals surface area contributed by atoms with Gasteiger partial charge in [0.2, 0.25) is 0 Å². The first-order chi connectivity index (χ1) is 31.9. The number of piperazine rings is 1. The fourth-order valence-electron chi connectivity index (χ4n) is 11.7. The lowest BCUT2D eigenvalue weighted by Gasteiger charge is -2.36. The van der Waals surface area contributed by atoms with Gasteiger partial charge in [-0.3, -0.25) is 19.5 Å². The summed E-state index contributed by atoms with van der Waals surface area (Å²) in [6.07, 6.45) is 7.14. The van der Waals surface area contributed by atoms with Crippen LogP contribution in [-0.4, -0.2) is 135 Å². The van der Waals surface area contributed by atoms with Crippen molar-refractivity contribution in [3.05, 3.63) is 52.1 Å². The van der Waals surface area contributed by atoms with Gasteiger partial charge in [-0.1, -0.05) is 51.3 Å². The quantitative estimate of drug-likeness (QED) is 0.0608. The highest BCUT2D eigenvalue weighted by Crippen LogP contribution is 2.84. The third-order valence-corrected chi connectivity index (χ3v) is 17.6. The number of aromatic nitrogens is 3. The van der Waals surface area contributed by atoms with Crippen LogP contribution in [0.3, 0.4) is 0 Å². The van der Waals surface area contributed by atoms with E-state index >= 15 is 0 Å². The number of nitrogens with zero attached hydrogens (tertiary/aromatic N) is 7. The molecular formula is C49H61N8O5S4+. The molecule has 1 amide bonds. The molecule has 1 spiro atoms. The number of aryl methyl sites for hydroxylation is 1. The first kappa shape index (κ1) is 46.1. The van der Waals surface area contributed by atoms with E-state index in [0.717, 1.165) is 112 Å². The molecule has 10 rings (SSSR count). The van der Waals surface area contributed by atoms with E-state index in [-0.39, 0.29) is 29.4 Å². The van der Waals surface area contributed by atoms with E-state index in [1.807, 2.05) is 6.20 Å². The van der Waals surface area contributed by atoms with E-state index in [9.17, 15) is 9.59 Å². The molecule has 17 heteroatoms. The van der Waals surface area contributed by atoms with E-state index < -0.39 is 17.6 Å². The summed E-state index contributed by atoms with van der Waals surface area (Å²) in [4.78, 5) is 42.4. The van der Waals surface area contributed by atoms with Crippen molar-refractivity contribution in [1.82, 2.24) is 29.8 Å². The number of thiazole rings is 1. The van der Waals surface area contributed by atoms with Crippen molar-refractivity contribution in [1.29, 1.82) is 0 Å². The molecule has 1 N–H and O–H groups in total. The van der Waals surface area contributed by atoms with Crippen molar-refractivity contribution < 1.29 is 27.9 Å². The molecule has 3 aliphatic carbocycles. The summed E-state index contributed by atoms with van der Waals surface area (Å²) < 4.78 is 21.4. The zero-order valence-corrected chi connectivity index (χ0v) is 41.9. The summed E-state index contributed by atoms with van der Waals surface area (Å²) in [7, 11) is 1.68. The van der Waals surface area contributed by atoms with Crippen LogP contribution in [0.5, 0.6) is 0 Å². The van der Waals surface area contributed by atoms with Gasteiger partial charge < -0.3 is 29.0 Å². The molecule has 13 nitrogen and oxygen atoms in total. The van der Waals surface area contributed by atoms with Gasteiger partial charge in [-0.2, -0.15) is 0 Å². The maximum absolute atomic E-state index is 14.4. The van der Waals surface area contributed by atoms with Gasteiger partial charge in [0.15, 0.2) is 6.54 Å². The largest absolute Gasteiger partial charge is 0.467 e. The minimum absolute atomic E-state index is 0.0111. The van der Waals surface area contributed by atoms with E-state index in [0.29, 0.717) is 51.4 Å². The fourth-order valence-corrected chi connectivity index (χ4v) is 13.8. The number of ether oxygens (including phenoxy) is 3. The minimum Gasteiger partial charge on any atom is -0.467 e. The molecule has 6 fully saturated rings. The molecule has 4 aromatic rings. The Bertz CT molecular complexity index is 2590. The zero-order valence-electron chi connectivity index (χ0n) is 38.6. The van der Waals surface area contributed by atoms with Crippen LogP contribution in [0.1, 0.15) is 75.7 Å². The standard InChI is InChI=1S/C49H61N8O5S4/c1-6-55-38-12-9-30(37-26-66-41(52-37)21-36(46(59)56-13-7-8-14-57(56)65)51-27-48(4)40-24-62-44-45(64)49(40,44)48)19-33(38)35(22-47(2,3)28-61-29-58)43(55)34-20-32(23-50-42(34)39(25-63)60-5)54-17-15-53(16-18-54)31-10-11-31/h9,12,19-20,23,25-26,29,31,36,39-40,44,51H,6-8,10-11,13-18,21-22,24,27-28H2,1-5H3/q+1/t36-,39-,40-,44?,48-,49?/m0/s1. The Labute approximate surface area is 407 Å². The van der Waals surface area contributed by atoms with Crippen molar-refractivity contribution in [2.45, 2.75) is 97.1 Å². The Morgan fingerprint density at radius 1 is 1.17 bits per heavy atom. The Morgan fingerprint density at radius 3 is 2.65 bits per heavy atom. The maximum atomic E-state index is 14.4. The predicted molar refractivity (Wildman–Crippen MR) is 267 cm³/mol. The molecule has 6 aliphatic rings. The average molecular weight is 970 g/mol. The molecule has 3 saturated heterocycles. The lowest BCUT2D eigenvalue weighted by Crippen LogP contribution is -2.53. The second-order valence-corrected chi connectivity index (χ2v) is 22.2. The number of carbonyl (C=O) groups excluding carboxylic acids is 2. The van der Waals surface area contributed by atoms with Crippen molar-refractivity contribution in [3.63, 3.8) is 0 Å². The average Bonchev–Trinajstić information content (AvgIpc) is 4.22. The number of methoxy groups -OCH3 is 1. The summed E-state index contributed by atoms with van der Waals surface area (Å²) in [5.74, 6) is 0.387.